The van der Waals surface area contributed by atoms with Gasteiger partial charge in [0.05, 0.1) is 39.4 Å². The molecule has 0 aliphatic rings. The fourth-order valence-corrected chi connectivity index (χ4v) is 2.68. The molecule has 0 amide bonds. The smallest absolute Gasteiger partial charge is 0.207 e. The van der Waals surface area contributed by atoms with Gasteiger partial charge in [-0.1, -0.05) is 0 Å². The van der Waals surface area contributed by atoms with Crippen LogP contribution in [0.3, 0.4) is 0 Å². The lowest BCUT2D eigenvalue weighted by molar-refractivity contribution is -1.10. The van der Waals surface area contributed by atoms with E-state index in [1.54, 1.807) is 0 Å². The van der Waals surface area contributed by atoms with Gasteiger partial charge in [0.2, 0.25) is 6.67 Å². The van der Waals surface area contributed by atoms with E-state index in [1.165, 1.54) is 0 Å². The Morgan fingerprint density at radius 3 is 1.12 bits per heavy atom. The van der Waals surface area contributed by atoms with Crippen LogP contribution >= 0.6 is 0 Å². The summed E-state index contributed by atoms with van der Waals surface area (Å²) in [7, 11) is 0. The minimum atomic E-state index is 0.244. The van der Waals surface area contributed by atoms with E-state index in [2.05, 4.69) is 27.7 Å². The van der Waals surface area contributed by atoms with Gasteiger partial charge < -0.3 is 10.2 Å². The second kappa shape index (κ2) is 8.03. The number of likely N-dealkylation sites (N-methyl/N-ethyl adjacent to an activating group) is 2. The van der Waals surface area contributed by atoms with E-state index in [9.17, 15) is 10.2 Å². The first-order valence-electron chi connectivity index (χ1n) is 6.99. The maximum absolute atomic E-state index is 9.26. The molecule has 4 nitrogen and oxygen atoms in total. The van der Waals surface area contributed by atoms with Crippen LogP contribution in [0.5, 0.6) is 0 Å². The Hall–Kier alpha value is -0.160. The van der Waals surface area contributed by atoms with Crippen LogP contribution < -0.4 is 0 Å². The van der Waals surface area contributed by atoms with Gasteiger partial charge in [-0.25, -0.2) is 0 Å². The number of hydrogen-bond donors (Lipinski definition) is 2. The lowest BCUT2D eigenvalue weighted by Gasteiger charge is -2.45. The monoisotopic (exact) mass is 248 g/mol. The van der Waals surface area contributed by atoms with E-state index in [-0.39, 0.29) is 13.2 Å². The van der Waals surface area contributed by atoms with Crippen molar-refractivity contribution in [1.82, 2.24) is 0 Å². The average Bonchev–Trinajstić information content (AvgIpc) is 2.37. The molecule has 0 aromatic heterocycles. The summed E-state index contributed by atoms with van der Waals surface area (Å²) in [6, 6.07) is 0. The minimum absolute atomic E-state index is 0.244. The van der Waals surface area contributed by atoms with Crippen LogP contribution in [0.15, 0.2) is 0 Å². The van der Waals surface area contributed by atoms with E-state index in [4.69, 9.17) is 0 Å². The Morgan fingerprint density at radius 1 is 0.647 bits per heavy atom. The van der Waals surface area contributed by atoms with Crippen LogP contribution in [0.2, 0.25) is 0 Å². The van der Waals surface area contributed by atoms with Crippen molar-refractivity contribution in [2.75, 3.05) is 59.2 Å². The largest absolute Gasteiger partial charge is 0.391 e. The van der Waals surface area contributed by atoms with Crippen LogP contribution in [0.4, 0.5) is 0 Å². The molecule has 0 rings (SSSR count). The molecule has 0 saturated carbocycles. The maximum atomic E-state index is 9.26. The summed E-state index contributed by atoms with van der Waals surface area (Å²) in [5.41, 5.74) is 0. The summed E-state index contributed by atoms with van der Waals surface area (Å²) in [4.78, 5) is 0. The fourth-order valence-electron chi connectivity index (χ4n) is 2.68. The molecule has 0 aromatic rings. The normalized spacial score (nSPS) is 13.1. The Labute approximate surface area is 107 Å². The Bertz CT molecular complexity index is 170. The van der Waals surface area contributed by atoms with E-state index in [0.717, 1.165) is 54.9 Å². The average molecular weight is 248 g/mol. The third kappa shape index (κ3) is 4.54. The van der Waals surface area contributed by atoms with E-state index in [1.807, 2.05) is 0 Å². The third-order valence-electron chi connectivity index (χ3n) is 4.43. The van der Waals surface area contributed by atoms with E-state index in [0.29, 0.717) is 0 Å². The van der Waals surface area contributed by atoms with Gasteiger partial charge in [0.15, 0.2) is 0 Å². The van der Waals surface area contributed by atoms with Crippen molar-refractivity contribution in [3.05, 3.63) is 0 Å². The molecule has 17 heavy (non-hydrogen) atoms. The summed E-state index contributed by atoms with van der Waals surface area (Å²) < 4.78 is 1.89. The van der Waals surface area contributed by atoms with E-state index >= 15 is 0 Å². The van der Waals surface area contributed by atoms with Crippen LogP contribution in [0.1, 0.15) is 27.7 Å². The highest BCUT2D eigenvalue weighted by Gasteiger charge is 2.35. The second-order valence-electron chi connectivity index (χ2n) is 4.98. The number of quaternary nitrogens is 2. The molecule has 0 bridgehead atoms. The highest BCUT2D eigenvalue weighted by atomic mass is 16.3. The van der Waals surface area contributed by atoms with Crippen molar-refractivity contribution in [1.29, 1.82) is 0 Å². The molecule has 4 heteroatoms. The molecule has 0 saturated heterocycles. The van der Waals surface area contributed by atoms with Crippen molar-refractivity contribution < 1.29 is 19.2 Å². The first kappa shape index (κ1) is 16.8. The summed E-state index contributed by atoms with van der Waals surface area (Å²) >= 11 is 0. The zero-order valence-corrected chi connectivity index (χ0v) is 12.2. The van der Waals surface area contributed by atoms with Crippen LogP contribution in [-0.2, 0) is 0 Å². The maximum Gasteiger partial charge on any atom is 0.207 e. The van der Waals surface area contributed by atoms with Gasteiger partial charge in [0, 0.05) is 0 Å². The van der Waals surface area contributed by atoms with Crippen molar-refractivity contribution in [2.24, 2.45) is 0 Å². The molecule has 0 fully saturated rings. The lowest BCUT2D eigenvalue weighted by atomic mass is 10.3. The number of aliphatic hydroxyl groups is 2. The molecule has 104 valence electrons. The van der Waals surface area contributed by atoms with Crippen LogP contribution in [-0.4, -0.2) is 78.3 Å². The van der Waals surface area contributed by atoms with Gasteiger partial charge >= 0.3 is 0 Å². The van der Waals surface area contributed by atoms with Gasteiger partial charge in [0.25, 0.3) is 0 Å². The van der Waals surface area contributed by atoms with Gasteiger partial charge in [-0.05, 0) is 27.7 Å². The molecule has 0 heterocycles. The standard InChI is InChI=1S/C13H32N2O2/c1-5-14(6-2,9-11-16)13-15(7-3,8-4)10-12-17/h16-17H,5-13H2,1-4H3/q+2. The first-order chi connectivity index (χ1) is 8.07. The zero-order valence-electron chi connectivity index (χ0n) is 12.2. The quantitative estimate of drug-likeness (QED) is 0.440. The van der Waals surface area contributed by atoms with Crippen molar-refractivity contribution >= 4 is 0 Å². The number of nitrogens with zero attached hydrogens (tertiary/aromatic N) is 2. The molecule has 0 radical (unpaired) electrons. The van der Waals surface area contributed by atoms with Crippen LogP contribution in [0, 0.1) is 0 Å². The van der Waals surface area contributed by atoms with Crippen molar-refractivity contribution in [2.45, 2.75) is 27.7 Å². The summed E-state index contributed by atoms with van der Waals surface area (Å²) in [6.07, 6.45) is 0. The molecular formula is C13H32N2O2+2. The van der Waals surface area contributed by atoms with E-state index < -0.39 is 0 Å². The Morgan fingerprint density at radius 2 is 0.941 bits per heavy atom. The lowest BCUT2D eigenvalue weighted by Crippen LogP contribution is -2.64. The second-order valence-corrected chi connectivity index (χ2v) is 4.98. The fraction of sp³-hybridized carbons (Fsp3) is 1.00. The zero-order chi connectivity index (χ0) is 13.4. The predicted molar refractivity (Wildman–Crippen MR) is 71.5 cm³/mol. The Kier molecular flexibility index (Phi) is 7.96. The topological polar surface area (TPSA) is 40.5 Å². The highest BCUT2D eigenvalue weighted by molar-refractivity contribution is 4.40. The number of rotatable bonds is 10. The molecule has 0 spiro atoms. The minimum Gasteiger partial charge on any atom is -0.391 e. The SMILES string of the molecule is CC[N+](CC)(CCO)C[N+](CC)(CC)CCO. The number of hydrogen-bond acceptors (Lipinski definition) is 2. The summed E-state index contributed by atoms with van der Waals surface area (Å²) in [5, 5.41) is 18.5. The Balaban J connectivity index is 4.89. The molecule has 0 aliphatic carbocycles. The highest BCUT2D eigenvalue weighted by Crippen LogP contribution is 2.15. The number of aliphatic hydroxyl groups excluding tert-OH is 2. The summed E-state index contributed by atoms with van der Waals surface area (Å²) in [5.74, 6) is 0. The molecule has 0 atom stereocenters. The van der Waals surface area contributed by atoms with Gasteiger partial charge in [0.1, 0.15) is 13.1 Å². The van der Waals surface area contributed by atoms with Crippen molar-refractivity contribution in [3.8, 4) is 0 Å². The van der Waals surface area contributed by atoms with Gasteiger partial charge in [-0.2, -0.15) is 0 Å². The van der Waals surface area contributed by atoms with Crippen molar-refractivity contribution in [3.63, 3.8) is 0 Å². The molecule has 0 unspecified atom stereocenters. The molecule has 0 aromatic carbocycles. The van der Waals surface area contributed by atoms with Crippen LogP contribution in [0.25, 0.3) is 0 Å². The molecular weight excluding hydrogens is 216 g/mol. The van der Waals surface area contributed by atoms with Gasteiger partial charge in [-0.15, -0.1) is 0 Å². The summed E-state index contributed by atoms with van der Waals surface area (Å²) in [6.45, 7) is 16.1. The molecule has 0 aliphatic heterocycles. The van der Waals surface area contributed by atoms with Gasteiger partial charge in [-0.3, -0.25) is 8.97 Å². The third-order valence-corrected chi connectivity index (χ3v) is 4.43. The molecule has 2 N–H and O–H groups in total. The first-order valence-corrected chi connectivity index (χ1v) is 6.99. The predicted octanol–water partition coefficient (Wildman–Crippen LogP) is 0.642.